The smallest absolute Gasteiger partial charge is 0.342 e. The number of halogens is 4. The molecule has 0 saturated heterocycles. The molecule has 0 fully saturated rings. The summed E-state index contributed by atoms with van der Waals surface area (Å²) in [5.41, 5.74) is 0.460. The van der Waals surface area contributed by atoms with Crippen LogP contribution in [0.2, 0.25) is 0 Å². The van der Waals surface area contributed by atoms with E-state index in [4.69, 9.17) is 4.74 Å². The van der Waals surface area contributed by atoms with E-state index >= 15 is 0 Å². The maximum Gasteiger partial charge on any atom is 0.342 e. The summed E-state index contributed by atoms with van der Waals surface area (Å²) in [6, 6.07) is 7.55. The third-order valence-electron chi connectivity index (χ3n) is 3.75. The minimum absolute atomic E-state index is 0.0966. The number of phenolic OH excluding ortho intramolecular Hbond substituents is 1. The molecule has 0 aliphatic rings. The maximum absolute atomic E-state index is 13.8. The molecule has 0 aliphatic heterocycles. The van der Waals surface area contributed by atoms with Crippen molar-refractivity contribution in [3.63, 3.8) is 0 Å². The first kappa shape index (κ1) is 21.3. The van der Waals surface area contributed by atoms with E-state index in [1.165, 1.54) is 42.5 Å². The first-order valence-electron chi connectivity index (χ1n) is 8.25. The Morgan fingerprint density at radius 2 is 1.86 bits per heavy atom. The van der Waals surface area contributed by atoms with Gasteiger partial charge in [0.1, 0.15) is 22.9 Å². The summed E-state index contributed by atoms with van der Waals surface area (Å²) in [4.78, 5) is 12.0. The van der Waals surface area contributed by atoms with Crippen molar-refractivity contribution in [2.75, 3.05) is 13.8 Å². The van der Waals surface area contributed by atoms with E-state index < -0.39 is 43.2 Å². The topological polar surface area (TPSA) is 55.8 Å². The van der Waals surface area contributed by atoms with E-state index in [-0.39, 0.29) is 16.9 Å². The van der Waals surface area contributed by atoms with Crippen LogP contribution in [0.25, 0.3) is 12.2 Å². The molecule has 0 aromatic heterocycles. The number of ether oxygens (including phenoxy) is 2. The Morgan fingerprint density at radius 1 is 1.18 bits per heavy atom. The normalized spacial score (nSPS) is 13.3. The van der Waals surface area contributed by atoms with E-state index in [9.17, 15) is 27.5 Å². The Morgan fingerprint density at radius 3 is 2.46 bits per heavy atom. The molecule has 1 N–H and O–H groups in total. The molecule has 28 heavy (non-hydrogen) atoms. The highest BCUT2D eigenvalue weighted by Crippen LogP contribution is 2.31. The molecule has 0 amide bonds. The second-order valence-corrected chi connectivity index (χ2v) is 5.75. The Hall–Kier alpha value is -3.03. The highest BCUT2D eigenvalue weighted by atomic mass is 19.2. The highest BCUT2D eigenvalue weighted by molar-refractivity contribution is 5.98. The summed E-state index contributed by atoms with van der Waals surface area (Å²) < 4.78 is 61.7. The lowest BCUT2D eigenvalue weighted by Crippen LogP contribution is -2.24. The highest BCUT2D eigenvalue weighted by Gasteiger charge is 2.24. The number of hydrogen-bond donors (Lipinski definition) is 1. The van der Waals surface area contributed by atoms with Crippen LogP contribution in [0.3, 0.4) is 0 Å². The van der Waals surface area contributed by atoms with Gasteiger partial charge >= 0.3 is 5.97 Å². The first-order valence-corrected chi connectivity index (χ1v) is 8.25. The summed E-state index contributed by atoms with van der Waals surface area (Å²) >= 11 is 0. The van der Waals surface area contributed by atoms with Crippen molar-refractivity contribution in [1.29, 1.82) is 0 Å². The zero-order valence-electron chi connectivity index (χ0n) is 14.9. The van der Waals surface area contributed by atoms with Crippen molar-refractivity contribution in [2.24, 2.45) is 0 Å². The molecule has 0 heterocycles. The minimum Gasteiger partial charge on any atom is -0.507 e. The van der Waals surface area contributed by atoms with Gasteiger partial charge in [-0.25, -0.2) is 13.6 Å². The molecular weight excluding hydrogens is 380 g/mol. The summed E-state index contributed by atoms with van der Waals surface area (Å²) in [6.45, 7) is -1.05. The molecule has 2 rings (SSSR count). The number of phenols is 1. The van der Waals surface area contributed by atoms with Crippen molar-refractivity contribution < 1.29 is 36.9 Å². The van der Waals surface area contributed by atoms with Gasteiger partial charge in [0.05, 0.1) is 13.8 Å². The number of benzene rings is 2. The van der Waals surface area contributed by atoms with E-state index in [0.29, 0.717) is 5.56 Å². The molecule has 8 heteroatoms. The number of carbonyl (C=O) groups is 1. The SMILES string of the molecule is COC(=O)c1c(O)cc(OC(F)C(F)CCF)cc1C=Cc1ccc(F)cc1. The number of carbonyl (C=O) groups excluding carboxylic acids is 1. The third kappa shape index (κ3) is 5.48. The molecule has 150 valence electrons. The van der Waals surface area contributed by atoms with Gasteiger partial charge in [-0.15, -0.1) is 0 Å². The summed E-state index contributed by atoms with van der Waals surface area (Å²) in [5, 5.41) is 10.1. The monoisotopic (exact) mass is 398 g/mol. The molecule has 2 aromatic carbocycles. The quantitative estimate of drug-likeness (QED) is 0.392. The van der Waals surface area contributed by atoms with Crippen LogP contribution in [0.15, 0.2) is 36.4 Å². The van der Waals surface area contributed by atoms with Crippen LogP contribution < -0.4 is 4.74 Å². The van der Waals surface area contributed by atoms with Gasteiger partial charge in [0.25, 0.3) is 6.36 Å². The van der Waals surface area contributed by atoms with Gasteiger partial charge in [0.2, 0.25) is 0 Å². The second kappa shape index (κ2) is 9.77. The molecule has 0 aliphatic carbocycles. The van der Waals surface area contributed by atoms with Gasteiger partial charge in [-0.1, -0.05) is 24.3 Å². The van der Waals surface area contributed by atoms with Crippen LogP contribution in [0, 0.1) is 5.82 Å². The van der Waals surface area contributed by atoms with Gasteiger partial charge in [-0.2, -0.15) is 4.39 Å². The Balaban J connectivity index is 2.37. The number of esters is 1. The number of methoxy groups -OCH3 is 1. The fourth-order valence-corrected chi connectivity index (χ4v) is 2.34. The second-order valence-electron chi connectivity index (χ2n) is 5.75. The van der Waals surface area contributed by atoms with Gasteiger partial charge < -0.3 is 14.6 Å². The van der Waals surface area contributed by atoms with Crippen molar-refractivity contribution in [1.82, 2.24) is 0 Å². The Labute approximate surface area is 159 Å². The van der Waals surface area contributed by atoms with Crippen LogP contribution in [0.1, 0.15) is 27.9 Å². The number of hydrogen-bond acceptors (Lipinski definition) is 4. The Bertz CT molecular complexity index is 837. The number of aromatic hydroxyl groups is 1. The summed E-state index contributed by atoms with van der Waals surface area (Å²) in [6.07, 6.45) is -2.41. The van der Waals surface area contributed by atoms with Crippen LogP contribution in [0.4, 0.5) is 17.6 Å². The molecule has 4 nitrogen and oxygen atoms in total. The lowest BCUT2D eigenvalue weighted by Gasteiger charge is -2.16. The molecule has 2 atom stereocenters. The summed E-state index contributed by atoms with van der Waals surface area (Å²) in [7, 11) is 1.11. The van der Waals surface area contributed by atoms with Crippen molar-refractivity contribution >= 4 is 18.1 Å². The van der Waals surface area contributed by atoms with E-state index in [2.05, 4.69) is 4.74 Å². The Kier molecular flexibility index (Phi) is 7.43. The van der Waals surface area contributed by atoms with Gasteiger partial charge in [0.15, 0.2) is 6.17 Å². The van der Waals surface area contributed by atoms with Gasteiger partial charge in [0, 0.05) is 12.5 Å². The molecular formula is C20H18F4O4. The number of alkyl halides is 3. The van der Waals surface area contributed by atoms with Crippen molar-refractivity contribution in [3.8, 4) is 11.5 Å². The van der Waals surface area contributed by atoms with Crippen LogP contribution in [-0.2, 0) is 4.74 Å². The molecule has 2 aromatic rings. The predicted molar refractivity (Wildman–Crippen MR) is 95.8 cm³/mol. The molecule has 2 unspecified atom stereocenters. The predicted octanol–water partition coefficient (Wildman–Crippen LogP) is 4.86. The molecule has 0 bridgehead atoms. The van der Waals surface area contributed by atoms with Crippen LogP contribution in [0.5, 0.6) is 11.5 Å². The van der Waals surface area contributed by atoms with Crippen LogP contribution >= 0.6 is 0 Å². The average molecular weight is 398 g/mol. The molecule has 0 saturated carbocycles. The molecule has 0 radical (unpaired) electrons. The zero-order chi connectivity index (χ0) is 20.7. The van der Waals surface area contributed by atoms with Crippen molar-refractivity contribution in [2.45, 2.75) is 19.0 Å². The number of rotatable bonds is 8. The van der Waals surface area contributed by atoms with Gasteiger partial charge in [-0.05, 0) is 29.3 Å². The van der Waals surface area contributed by atoms with Crippen molar-refractivity contribution in [3.05, 3.63) is 58.9 Å². The standard InChI is InChI=1S/C20H18F4O4/c1-27-20(26)18-13(5-2-12-3-6-14(22)7-4-12)10-15(11-17(18)25)28-19(24)16(23)8-9-21/h2-7,10-11,16,19,25H,8-9H2,1H3. The fourth-order valence-electron chi connectivity index (χ4n) is 2.34. The fraction of sp³-hybridized carbons (Fsp3) is 0.250. The zero-order valence-corrected chi connectivity index (χ0v) is 14.9. The summed E-state index contributed by atoms with van der Waals surface area (Å²) in [5.74, 6) is -2.13. The van der Waals surface area contributed by atoms with E-state index in [1.54, 1.807) is 0 Å². The average Bonchev–Trinajstić information content (AvgIpc) is 2.67. The third-order valence-corrected chi connectivity index (χ3v) is 3.75. The first-order chi connectivity index (χ1) is 13.3. The maximum atomic E-state index is 13.8. The van der Waals surface area contributed by atoms with E-state index in [1.807, 2.05) is 0 Å². The largest absolute Gasteiger partial charge is 0.507 e. The lowest BCUT2D eigenvalue weighted by molar-refractivity contribution is -0.0113. The van der Waals surface area contributed by atoms with E-state index in [0.717, 1.165) is 13.2 Å². The van der Waals surface area contributed by atoms with Crippen LogP contribution in [-0.4, -0.2) is 37.4 Å². The minimum atomic E-state index is -2.45. The lowest BCUT2D eigenvalue weighted by atomic mass is 10.0. The van der Waals surface area contributed by atoms with Gasteiger partial charge in [-0.3, -0.25) is 4.39 Å². The molecule has 0 spiro atoms.